The molecule has 0 unspecified atom stereocenters. The number of nitrogens with zero attached hydrogens (tertiary/aromatic N) is 3. The van der Waals surface area contributed by atoms with Crippen molar-refractivity contribution in [3.63, 3.8) is 0 Å². The van der Waals surface area contributed by atoms with Gasteiger partial charge in [0, 0.05) is 29.5 Å². The number of halogens is 1. The van der Waals surface area contributed by atoms with E-state index in [-0.39, 0.29) is 36.4 Å². The number of aryl methyl sites for hydroxylation is 2. The summed E-state index contributed by atoms with van der Waals surface area (Å²) in [7, 11) is 0. The standard InChI is InChI=1S/C22H20FN5O2S/c1-13-3-8-17(14(2)11-13)18-12-31-22-26-21(27-28(18)22)25-20(30)10-9-19(29)24-16-6-4-15(23)5-7-16/h3-8,11-12H,9-10H2,1-2H3,(H,24,29)(H,25,27,30). The summed E-state index contributed by atoms with van der Waals surface area (Å²) in [6.45, 7) is 4.09. The summed E-state index contributed by atoms with van der Waals surface area (Å²) in [4.78, 5) is 29.2. The molecule has 31 heavy (non-hydrogen) atoms. The predicted octanol–water partition coefficient (Wildman–Crippen LogP) is 4.57. The predicted molar refractivity (Wildman–Crippen MR) is 119 cm³/mol. The van der Waals surface area contributed by atoms with E-state index in [0.29, 0.717) is 10.6 Å². The molecule has 0 saturated heterocycles. The van der Waals surface area contributed by atoms with Crippen molar-refractivity contribution >= 4 is 39.7 Å². The highest BCUT2D eigenvalue weighted by atomic mass is 32.1. The molecule has 0 spiro atoms. The van der Waals surface area contributed by atoms with E-state index >= 15 is 0 Å². The number of hydrogen-bond donors (Lipinski definition) is 2. The number of hydrogen-bond acceptors (Lipinski definition) is 5. The van der Waals surface area contributed by atoms with E-state index < -0.39 is 0 Å². The Balaban J connectivity index is 1.38. The van der Waals surface area contributed by atoms with Gasteiger partial charge in [-0.05, 0) is 43.7 Å². The minimum atomic E-state index is -0.384. The van der Waals surface area contributed by atoms with Crippen LogP contribution in [0, 0.1) is 19.7 Å². The lowest BCUT2D eigenvalue weighted by molar-refractivity contribution is -0.121. The molecule has 158 valence electrons. The van der Waals surface area contributed by atoms with Gasteiger partial charge in [-0.1, -0.05) is 23.8 Å². The van der Waals surface area contributed by atoms with Crippen molar-refractivity contribution in [3.05, 3.63) is 64.8 Å². The topological polar surface area (TPSA) is 88.4 Å². The van der Waals surface area contributed by atoms with Gasteiger partial charge in [0.1, 0.15) is 5.82 Å². The van der Waals surface area contributed by atoms with Gasteiger partial charge in [0.05, 0.1) is 5.69 Å². The molecule has 0 aliphatic heterocycles. The molecule has 4 aromatic rings. The molecule has 2 N–H and O–H groups in total. The van der Waals surface area contributed by atoms with Crippen LogP contribution in [0.2, 0.25) is 0 Å². The number of amides is 2. The molecular weight excluding hydrogens is 417 g/mol. The number of fused-ring (bicyclic) bond motifs is 1. The monoisotopic (exact) mass is 437 g/mol. The van der Waals surface area contributed by atoms with Crippen molar-refractivity contribution in [2.45, 2.75) is 26.7 Å². The summed E-state index contributed by atoms with van der Waals surface area (Å²) >= 11 is 1.44. The number of aromatic nitrogens is 3. The fourth-order valence-corrected chi connectivity index (χ4v) is 4.01. The Labute approximate surface area is 181 Å². The first-order valence-corrected chi connectivity index (χ1v) is 10.5. The molecule has 0 bridgehead atoms. The van der Waals surface area contributed by atoms with E-state index in [9.17, 15) is 14.0 Å². The van der Waals surface area contributed by atoms with Gasteiger partial charge >= 0.3 is 0 Å². The summed E-state index contributed by atoms with van der Waals surface area (Å²) < 4.78 is 14.6. The van der Waals surface area contributed by atoms with E-state index in [1.54, 1.807) is 4.52 Å². The molecule has 9 heteroatoms. The molecule has 2 amide bonds. The van der Waals surface area contributed by atoms with Crippen LogP contribution in [0.3, 0.4) is 0 Å². The Kier molecular flexibility index (Phi) is 5.77. The SMILES string of the molecule is Cc1ccc(-c2csc3nc(NC(=O)CCC(=O)Nc4ccc(F)cc4)nn23)c(C)c1. The Bertz CT molecular complexity index is 1260. The van der Waals surface area contributed by atoms with Crippen LogP contribution in [0.1, 0.15) is 24.0 Å². The van der Waals surface area contributed by atoms with Crippen LogP contribution in [0.25, 0.3) is 16.2 Å². The Morgan fingerprint density at radius 1 is 1.03 bits per heavy atom. The molecule has 4 rings (SSSR count). The molecule has 0 fully saturated rings. The van der Waals surface area contributed by atoms with Crippen LogP contribution in [-0.2, 0) is 9.59 Å². The number of thiazole rings is 1. The number of carbonyl (C=O) groups is 2. The lowest BCUT2D eigenvalue weighted by Crippen LogP contribution is -2.18. The second-order valence-corrected chi connectivity index (χ2v) is 8.01. The molecule has 0 aliphatic rings. The van der Waals surface area contributed by atoms with Gasteiger partial charge in [-0.3, -0.25) is 14.9 Å². The molecular formula is C22H20FN5O2S. The number of carbonyl (C=O) groups excluding carboxylic acids is 2. The zero-order valence-corrected chi connectivity index (χ0v) is 17.8. The minimum absolute atomic E-state index is 0.0146. The molecule has 2 heterocycles. The van der Waals surface area contributed by atoms with Crippen LogP contribution in [-0.4, -0.2) is 26.4 Å². The molecule has 0 saturated carbocycles. The first-order valence-electron chi connectivity index (χ1n) is 9.66. The summed E-state index contributed by atoms with van der Waals surface area (Å²) in [6.07, 6.45) is -0.0386. The largest absolute Gasteiger partial charge is 0.326 e. The van der Waals surface area contributed by atoms with E-state index in [4.69, 9.17) is 0 Å². The first-order chi connectivity index (χ1) is 14.9. The van der Waals surface area contributed by atoms with Crippen molar-refractivity contribution in [3.8, 4) is 11.3 Å². The van der Waals surface area contributed by atoms with Crippen LogP contribution < -0.4 is 10.6 Å². The van der Waals surface area contributed by atoms with Crippen molar-refractivity contribution in [2.75, 3.05) is 10.6 Å². The highest BCUT2D eigenvalue weighted by molar-refractivity contribution is 7.15. The second-order valence-electron chi connectivity index (χ2n) is 7.17. The summed E-state index contributed by atoms with van der Waals surface area (Å²) in [6, 6.07) is 11.6. The average Bonchev–Trinajstić information content (AvgIpc) is 3.29. The second kappa shape index (κ2) is 8.65. The fourth-order valence-electron chi connectivity index (χ4n) is 3.19. The maximum atomic E-state index is 12.9. The lowest BCUT2D eigenvalue weighted by Gasteiger charge is -2.05. The number of rotatable bonds is 6. The van der Waals surface area contributed by atoms with Gasteiger partial charge in [-0.15, -0.1) is 16.4 Å². The van der Waals surface area contributed by atoms with Crippen molar-refractivity contribution in [1.29, 1.82) is 0 Å². The van der Waals surface area contributed by atoms with Gasteiger partial charge in [0.15, 0.2) is 0 Å². The van der Waals surface area contributed by atoms with Crippen LogP contribution >= 0.6 is 11.3 Å². The summed E-state index contributed by atoms with van der Waals surface area (Å²) in [5, 5.41) is 11.7. The zero-order valence-electron chi connectivity index (χ0n) is 17.0. The number of anilines is 2. The molecule has 0 aliphatic carbocycles. The average molecular weight is 438 g/mol. The minimum Gasteiger partial charge on any atom is -0.326 e. The van der Waals surface area contributed by atoms with E-state index in [1.165, 1.54) is 41.2 Å². The fraction of sp³-hybridized carbons (Fsp3) is 0.182. The van der Waals surface area contributed by atoms with E-state index in [0.717, 1.165) is 16.8 Å². The number of nitrogens with one attached hydrogen (secondary N) is 2. The number of benzene rings is 2. The maximum absolute atomic E-state index is 12.9. The highest BCUT2D eigenvalue weighted by Gasteiger charge is 2.15. The van der Waals surface area contributed by atoms with Crippen LogP contribution in [0.4, 0.5) is 16.0 Å². The summed E-state index contributed by atoms with van der Waals surface area (Å²) in [5.41, 5.74) is 4.75. The zero-order chi connectivity index (χ0) is 22.0. The lowest BCUT2D eigenvalue weighted by atomic mass is 10.0. The first kappa shape index (κ1) is 20.7. The quantitative estimate of drug-likeness (QED) is 0.462. The van der Waals surface area contributed by atoms with Gasteiger partial charge in [0.2, 0.25) is 22.7 Å². The van der Waals surface area contributed by atoms with Crippen LogP contribution in [0.15, 0.2) is 47.8 Å². The van der Waals surface area contributed by atoms with Crippen molar-refractivity contribution in [2.24, 2.45) is 0 Å². The molecule has 2 aromatic heterocycles. The highest BCUT2D eigenvalue weighted by Crippen LogP contribution is 2.28. The van der Waals surface area contributed by atoms with Gasteiger partial charge in [-0.25, -0.2) is 8.91 Å². The Hall–Kier alpha value is -3.59. The normalized spacial score (nSPS) is 10.9. The molecule has 7 nitrogen and oxygen atoms in total. The maximum Gasteiger partial charge on any atom is 0.250 e. The van der Waals surface area contributed by atoms with E-state index in [2.05, 4.69) is 26.8 Å². The van der Waals surface area contributed by atoms with Gasteiger partial charge < -0.3 is 5.32 Å². The van der Waals surface area contributed by atoms with Crippen molar-refractivity contribution in [1.82, 2.24) is 14.6 Å². The molecule has 0 atom stereocenters. The Morgan fingerprint density at radius 2 is 1.74 bits per heavy atom. The van der Waals surface area contributed by atoms with Crippen molar-refractivity contribution < 1.29 is 14.0 Å². The summed E-state index contributed by atoms with van der Waals surface area (Å²) in [5.74, 6) is -0.884. The smallest absolute Gasteiger partial charge is 0.250 e. The Morgan fingerprint density at radius 3 is 2.45 bits per heavy atom. The van der Waals surface area contributed by atoms with Crippen LogP contribution in [0.5, 0.6) is 0 Å². The van der Waals surface area contributed by atoms with E-state index in [1.807, 2.05) is 31.4 Å². The molecule has 2 aromatic carbocycles. The third kappa shape index (κ3) is 4.77. The molecule has 0 radical (unpaired) electrons. The third-order valence-electron chi connectivity index (χ3n) is 4.70. The third-order valence-corrected chi connectivity index (χ3v) is 5.51. The van der Waals surface area contributed by atoms with Gasteiger partial charge in [0.25, 0.3) is 0 Å². The van der Waals surface area contributed by atoms with Gasteiger partial charge in [-0.2, -0.15) is 4.98 Å².